The van der Waals surface area contributed by atoms with Crippen LogP contribution in [0.2, 0.25) is 0 Å². The predicted molar refractivity (Wildman–Crippen MR) is 108 cm³/mol. The van der Waals surface area contributed by atoms with Gasteiger partial charge in [-0.25, -0.2) is 17.2 Å². The van der Waals surface area contributed by atoms with E-state index in [2.05, 4.69) is 10.3 Å². The fraction of sp³-hybridized carbons (Fsp3) is 0.238. The number of nitrogens with one attached hydrogen (secondary N) is 1. The van der Waals surface area contributed by atoms with E-state index in [4.69, 9.17) is 0 Å². The Morgan fingerprint density at radius 1 is 1.13 bits per heavy atom. The van der Waals surface area contributed by atoms with Gasteiger partial charge < -0.3 is 5.32 Å². The van der Waals surface area contributed by atoms with Crippen LogP contribution in [-0.2, 0) is 14.8 Å². The van der Waals surface area contributed by atoms with E-state index in [9.17, 15) is 22.0 Å². The molecule has 156 valence electrons. The SMILES string of the molecule is O=C(Nc1cc(F)ccc1F)C1CCCN(S(=O)(=O)c2cccc3cccnc23)C1. The Kier molecular flexibility index (Phi) is 5.48. The summed E-state index contributed by atoms with van der Waals surface area (Å²) < 4.78 is 55.0. The molecular weight excluding hydrogens is 412 g/mol. The lowest BCUT2D eigenvalue weighted by Gasteiger charge is -2.31. The van der Waals surface area contributed by atoms with E-state index in [0.29, 0.717) is 23.7 Å². The molecule has 1 saturated heterocycles. The Labute approximate surface area is 172 Å². The molecule has 0 bridgehead atoms. The van der Waals surface area contributed by atoms with Crippen molar-refractivity contribution in [3.05, 3.63) is 66.4 Å². The van der Waals surface area contributed by atoms with E-state index in [0.717, 1.165) is 18.2 Å². The fourth-order valence-corrected chi connectivity index (χ4v) is 5.32. The molecule has 1 amide bonds. The van der Waals surface area contributed by atoms with Crippen LogP contribution in [-0.4, -0.2) is 36.7 Å². The van der Waals surface area contributed by atoms with E-state index in [1.807, 2.05) is 0 Å². The number of anilines is 1. The van der Waals surface area contributed by atoms with Crippen molar-refractivity contribution in [2.24, 2.45) is 5.92 Å². The number of pyridine rings is 1. The maximum atomic E-state index is 13.8. The number of carbonyl (C=O) groups is 1. The normalized spacial score (nSPS) is 17.7. The molecule has 1 aliphatic heterocycles. The Bertz CT molecular complexity index is 1210. The van der Waals surface area contributed by atoms with Gasteiger partial charge in [-0.15, -0.1) is 0 Å². The number of para-hydroxylation sites is 1. The van der Waals surface area contributed by atoms with Crippen LogP contribution in [0.15, 0.2) is 59.6 Å². The highest BCUT2D eigenvalue weighted by molar-refractivity contribution is 7.89. The van der Waals surface area contributed by atoms with Gasteiger partial charge in [0.25, 0.3) is 0 Å². The molecule has 3 aromatic rings. The minimum absolute atomic E-state index is 0.0473. The number of carbonyl (C=O) groups excluding carboxylic acids is 1. The number of fused-ring (bicyclic) bond motifs is 1. The van der Waals surface area contributed by atoms with Gasteiger partial charge in [0.15, 0.2) is 0 Å². The molecular formula is C21H19F2N3O3S. The van der Waals surface area contributed by atoms with E-state index in [1.165, 1.54) is 16.6 Å². The number of rotatable bonds is 4. The van der Waals surface area contributed by atoms with Crippen molar-refractivity contribution in [3.8, 4) is 0 Å². The summed E-state index contributed by atoms with van der Waals surface area (Å²) in [4.78, 5) is 16.9. The molecule has 2 heterocycles. The minimum atomic E-state index is -3.89. The summed E-state index contributed by atoms with van der Waals surface area (Å²) in [6.45, 7) is 0.220. The standard InChI is InChI=1S/C21H19F2N3O3S/c22-16-8-9-17(23)18(12-16)25-21(27)15-6-3-11-26(13-15)30(28,29)19-7-1-4-14-5-2-10-24-20(14)19/h1-2,4-5,7-10,12,15H,3,6,11,13H2,(H,25,27). The third kappa shape index (κ3) is 3.90. The molecule has 0 saturated carbocycles. The van der Waals surface area contributed by atoms with Gasteiger partial charge in [-0.3, -0.25) is 9.78 Å². The summed E-state index contributed by atoms with van der Waals surface area (Å²) in [6, 6.07) is 11.2. The molecule has 9 heteroatoms. The van der Waals surface area contributed by atoms with Crippen LogP contribution in [0.25, 0.3) is 10.9 Å². The second kappa shape index (κ2) is 8.08. The Balaban J connectivity index is 1.57. The first-order valence-corrected chi connectivity index (χ1v) is 10.9. The minimum Gasteiger partial charge on any atom is -0.323 e. The Hall–Kier alpha value is -2.91. The number of amides is 1. The lowest BCUT2D eigenvalue weighted by atomic mass is 9.98. The van der Waals surface area contributed by atoms with Gasteiger partial charge in [-0.2, -0.15) is 4.31 Å². The molecule has 4 rings (SSSR count). The van der Waals surface area contributed by atoms with Gasteiger partial charge in [0.05, 0.1) is 17.1 Å². The maximum Gasteiger partial charge on any atom is 0.245 e. The monoisotopic (exact) mass is 431 g/mol. The molecule has 6 nitrogen and oxygen atoms in total. The van der Waals surface area contributed by atoms with Crippen molar-refractivity contribution in [2.45, 2.75) is 17.7 Å². The number of aromatic nitrogens is 1. The molecule has 1 aliphatic rings. The second-order valence-corrected chi connectivity index (χ2v) is 9.05. The highest BCUT2D eigenvalue weighted by Crippen LogP contribution is 2.28. The predicted octanol–water partition coefficient (Wildman–Crippen LogP) is 3.55. The number of nitrogens with zero attached hydrogens (tertiary/aromatic N) is 2. The number of hydrogen-bond donors (Lipinski definition) is 1. The van der Waals surface area contributed by atoms with Crippen LogP contribution < -0.4 is 5.32 Å². The van der Waals surface area contributed by atoms with Crippen LogP contribution in [0.4, 0.5) is 14.5 Å². The maximum absolute atomic E-state index is 13.8. The number of piperidine rings is 1. The zero-order valence-corrected chi connectivity index (χ0v) is 16.7. The molecule has 2 aromatic carbocycles. The topological polar surface area (TPSA) is 79.4 Å². The summed E-state index contributed by atoms with van der Waals surface area (Å²) in [5.41, 5.74) is 0.103. The van der Waals surface area contributed by atoms with E-state index in [1.54, 1.807) is 24.3 Å². The van der Waals surface area contributed by atoms with Gasteiger partial charge in [0, 0.05) is 30.7 Å². The van der Waals surface area contributed by atoms with Gasteiger partial charge in [-0.1, -0.05) is 18.2 Å². The van der Waals surface area contributed by atoms with Crippen LogP contribution >= 0.6 is 0 Å². The molecule has 0 radical (unpaired) electrons. The molecule has 0 aliphatic carbocycles. The number of halogens is 2. The van der Waals surface area contributed by atoms with E-state index >= 15 is 0 Å². The van der Waals surface area contributed by atoms with Gasteiger partial charge in [-0.05, 0) is 37.1 Å². The third-order valence-electron chi connectivity index (χ3n) is 5.15. The van der Waals surface area contributed by atoms with E-state index in [-0.39, 0.29) is 23.7 Å². The molecule has 1 aromatic heterocycles. The smallest absolute Gasteiger partial charge is 0.245 e. The molecule has 1 atom stereocenters. The summed E-state index contributed by atoms with van der Waals surface area (Å²) in [5.74, 6) is -2.66. The van der Waals surface area contributed by atoms with Gasteiger partial charge >= 0.3 is 0 Å². The average molecular weight is 431 g/mol. The second-order valence-electron chi connectivity index (χ2n) is 7.15. The van der Waals surface area contributed by atoms with E-state index < -0.39 is 33.5 Å². The molecule has 0 spiro atoms. The molecule has 30 heavy (non-hydrogen) atoms. The Morgan fingerprint density at radius 3 is 2.77 bits per heavy atom. The van der Waals surface area contributed by atoms with Gasteiger partial charge in [0.2, 0.25) is 15.9 Å². The lowest BCUT2D eigenvalue weighted by molar-refractivity contribution is -0.120. The Morgan fingerprint density at radius 2 is 1.93 bits per heavy atom. The quantitative estimate of drug-likeness (QED) is 0.685. The zero-order valence-electron chi connectivity index (χ0n) is 15.9. The van der Waals surface area contributed by atoms with Crippen molar-refractivity contribution >= 4 is 32.5 Å². The number of hydrogen-bond acceptors (Lipinski definition) is 4. The first-order chi connectivity index (χ1) is 14.4. The highest BCUT2D eigenvalue weighted by atomic mass is 32.2. The van der Waals surface area contributed by atoms with Crippen molar-refractivity contribution in [1.29, 1.82) is 0 Å². The van der Waals surface area contributed by atoms with Crippen LogP contribution in [0.1, 0.15) is 12.8 Å². The van der Waals surface area contributed by atoms with Crippen molar-refractivity contribution in [2.75, 3.05) is 18.4 Å². The average Bonchev–Trinajstić information content (AvgIpc) is 2.76. The number of sulfonamides is 1. The summed E-state index contributed by atoms with van der Waals surface area (Å²) in [5, 5.41) is 3.07. The van der Waals surface area contributed by atoms with Crippen molar-refractivity contribution < 1.29 is 22.0 Å². The summed E-state index contributed by atoms with van der Waals surface area (Å²) in [7, 11) is -3.89. The summed E-state index contributed by atoms with van der Waals surface area (Å²) in [6.07, 6.45) is 2.45. The highest BCUT2D eigenvalue weighted by Gasteiger charge is 2.34. The molecule has 1 fully saturated rings. The largest absolute Gasteiger partial charge is 0.323 e. The fourth-order valence-electron chi connectivity index (χ4n) is 3.63. The van der Waals surface area contributed by atoms with Crippen LogP contribution in [0, 0.1) is 17.6 Å². The van der Waals surface area contributed by atoms with Crippen LogP contribution in [0.5, 0.6) is 0 Å². The number of benzene rings is 2. The lowest BCUT2D eigenvalue weighted by Crippen LogP contribution is -2.43. The first kappa shape index (κ1) is 20.4. The first-order valence-electron chi connectivity index (χ1n) is 9.46. The third-order valence-corrected chi connectivity index (χ3v) is 7.05. The molecule has 1 N–H and O–H groups in total. The zero-order chi connectivity index (χ0) is 21.3. The van der Waals surface area contributed by atoms with Crippen LogP contribution in [0.3, 0.4) is 0 Å². The van der Waals surface area contributed by atoms with Crippen molar-refractivity contribution in [1.82, 2.24) is 9.29 Å². The van der Waals surface area contributed by atoms with Crippen molar-refractivity contribution in [3.63, 3.8) is 0 Å². The van der Waals surface area contributed by atoms with Gasteiger partial charge in [0.1, 0.15) is 16.5 Å². The molecule has 1 unspecified atom stereocenters. The summed E-state index contributed by atoms with van der Waals surface area (Å²) >= 11 is 0.